The van der Waals surface area contributed by atoms with E-state index in [-0.39, 0.29) is 5.91 Å². The summed E-state index contributed by atoms with van der Waals surface area (Å²) in [5, 5.41) is 11.9. The highest BCUT2D eigenvalue weighted by atomic mass is 32.1. The molecule has 1 aromatic heterocycles. The molecule has 0 aliphatic carbocycles. The Labute approximate surface area is 135 Å². The predicted octanol–water partition coefficient (Wildman–Crippen LogP) is 3.73. The van der Waals surface area contributed by atoms with Gasteiger partial charge in [-0.15, -0.1) is 10.2 Å². The summed E-state index contributed by atoms with van der Waals surface area (Å²) in [6.45, 7) is 8.21. The number of nitrogens with zero attached hydrogens (tertiary/aromatic N) is 3. The summed E-state index contributed by atoms with van der Waals surface area (Å²) in [6, 6.07) is 7.71. The average Bonchev–Trinajstić information content (AvgIpc) is 2.93. The first-order valence-electron chi connectivity index (χ1n) is 7.60. The van der Waals surface area contributed by atoms with E-state index in [4.69, 9.17) is 0 Å². The summed E-state index contributed by atoms with van der Waals surface area (Å²) in [5.74, 6) is -0.153. The number of hydrogen-bond acceptors (Lipinski definition) is 5. The molecule has 1 heterocycles. The highest BCUT2D eigenvalue weighted by Crippen LogP contribution is 2.18. The maximum atomic E-state index is 12.2. The molecular formula is C16H22N4OS. The van der Waals surface area contributed by atoms with E-state index in [9.17, 15) is 4.79 Å². The number of carbonyl (C=O) groups is 1. The number of amides is 1. The lowest BCUT2D eigenvalue weighted by atomic mass is 10.1. The monoisotopic (exact) mass is 318 g/mol. The van der Waals surface area contributed by atoms with Crippen LogP contribution in [-0.4, -0.2) is 29.2 Å². The van der Waals surface area contributed by atoms with Crippen molar-refractivity contribution in [1.29, 1.82) is 0 Å². The van der Waals surface area contributed by atoms with Crippen LogP contribution in [0.3, 0.4) is 0 Å². The second-order valence-corrected chi connectivity index (χ2v) is 6.24. The number of aryl methyl sites for hydroxylation is 1. The number of benzene rings is 1. The van der Waals surface area contributed by atoms with Crippen LogP contribution in [0, 0.1) is 6.92 Å². The molecule has 0 saturated heterocycles. The van der Waals surface area contributed by atoms with Gasteiger partial charge in [-0.25, -0.2) is 0 Å². The fourth-order valence-corrected chi connectivity index (χ4v) is 2.75. The summed E-state index contributed by atoms with van der Waals surface area (Å²) in [5.41, 5.74) is 1.78. The molecule has 1 aromatic carbocycles. The summed E-state index contributed by atoms with van der Waals surface area (Å²) in [7, 11) is 0. The summed E-state index contributed by atoms with van der Waals surface area (Å²) < 4.78 is 0. The molecular weight excluding hydrogens is 296 g/mol. The van der Waals surface area contributed by atoms with Crippen LogP contribution in [0.2, 0.25) is 0 Å². The molecule has 0 unspecified atom stereocenters. The van der Waals surface area contributed by atoms with Crippen molar-refractivity contribution in [3.63, 3.8) is 0 Å². The maximum Gasteiger partial charge on any atom is 0.257 e. The zero-order valence-corrected chi connectivity index (χ0v) is 14.1. The Morgan fingerprint density at radius 3 is 2.50 bits per heavy atom. The van der Waals surface area contributed by atoms with Crippen LogP contribution in [0.5, 0.6) is 0 Å². The molecule has 0 atom stereocenters. The molecule has 0 fully saturated rings. The van der Waals surface area contributed by atoms with Crippen LogP contribution in [0.1, 0.15) is 42.1 Å². The first kappa shape index (κ1) is 16.4. The van der Waals surface area contributed by atoms with Gasteiger partial charge in [0.25, 0.3) is 5.91 Å². The minimum atomic E-state index is -0.153. The molecule has 1 amide bonds. The van der Waals surface area contributed by atoms with E-state index in [1.165, 1.54) is 24.2 Å². The number of hydrogen-bond donors (Lipinski definition) is 1. The summed E-state index contributed by atoms with van der Waals surface area (Å²) in [6.07, 6.45) is 2.35. The van der Waals surface area contributed by atoms with Gasteiger partial charge in [-0.3, -0.25) is 10.1 Å². The van der Waals surface area contributed by atoms with Crippen molar-refractivity contribution in [2.75, 3.05) is 23.3 Å². The van der Waals surface area contributed by atoms with Gasteiger partial charge in [0, 0.05) is 24.3 Å². The lowest BCUT2D eigenvalue weighted by molar-refractivity contribution is 0.102. The van der Waals surface area contributed by atoms with Gasteiger partial charge in [0.05, 0.1) is 0 Å². The van der Waals surface area contributed by atoms with E-state index < -0.39 is 0 Å². The second-order valence-electron chi connectivity index (χ2n) is 5.06. The number of carbonyl (C=O) groups excluding carboxylic acids is 1. The van der Waals surface area contributed by atoms with E-state index in [1.807, 2.05) is 31.2 Å². The Morgan fingerprint density at radius 2 is 1.95 bits per heavy atom. The molecule has 5 nitrogen and oxygen atoms in total. The van der Waals surface area contributed by atoms with Crippen LogP contribution >= 0.6 is 11.3 Å². The minimum Gasteiger partial charge on any atom is -0.372 e. The van der Waals surface area contributed by atoms with Gasteiger partial charge in [-0.1, -0.05) is 24.7 Å². The Bertz CT molecular complexity index is 609. The van der Waals surface area contributed by atoms with Crippen molar-refractivity contribution in [1.82, 2.24) is 10.2 Å². The predicted molar refractivity (Wildman–Crippen MR) is 91.8 cm³/mol. The third kappa shape index (κ3) is 4.27. The van der Waals surface area contributed by atoms with Crippen LogP contribution in [0.15, 0.2) is 24.3 Å². The van der Waals surface area contributed by atoms with Crippen molar-refractivity contribution < 1.29 is 4.79 Å². The average molecular weight is 318 g/mol. The van der Waals surface area contributed by atoms with Crippen molar-refractivity contribution in [3.05, 3.63) is 34.8 Å². The zero-order chi connectivity index (χ0) is 15.9. The van der Waals surface area contributed by atoms with Gasteiger partial charge in [-0.2, -0.15) is 0 Å². The number of nitrogens with one attached hydrogen (secondary N) is 1. The quantitative estimate of drug-likeness (QED) is 0.845. The lowest BCUT2D eigenvalue weighted by Gasteiger charge is -2.23. The molecule has 118 valence electrons. The summed E-state index contributed by atoms with van der Waals surface area (Å²) >= 11 is 1.37. The van der Waals surface area contributed by atoms with Crippen LogP contribution in [0.4, 0.5) is 10.8 Å². The molecule has 2 rings (SSSR count). The van der Waals surface area contributed by atoms with E-state index in [0.29, 0.717) is 10.7 Å². The Hall–Kier alpha value is -1.95. The number of unbranched alkanes of at least 4 members (excludes halogenated alkanes) is 1. The van der Waals surface area contributed by atoms with Crippen molar-refractivity contribution in [3.8, 4) is 0 Å². The number of anilines is 2. The van der Waals surface area contributed by atoms with Gasteiger partial charge in [-0.05, 0) is 44.5 Å². The Kier molecular flexibility index (Phi) is 5.89. The van der Waals surface area contributed by atoms with Gasteiger partial charge in [0.15, 0.2) is 0 Å². The van der Waals surface area contributed by atoms with Crippen LogP contribution in [0.25, 0.3) is 0 Å². The van der Waals surface area contributed by atoms with Crippen LogP contribution in [-0.2, 0) is 0 Å². The fourth-order valence-electron chi connectivity index (χ4n) is 2.16. The molecule has 2 aromatic rings. The first-order valence-corrected chi connectivity index (χ1v) is 8.42. The fraction of sp³-hybridized carbons (Fsp3) is 0.438. The van der Waals surface area contributed by atoms with E-state index in [1.54, 1.807) is 0 Å². The molecule has 0 bridgehead atoms. The normalized spacial score (nSPS) is 10.5. The third-order valence-electron chi connectivity index (χ3n) is 3.40. The minimum absolute atomic E-state index is 0.153. The highest BCUT2D eigenvalue weighted by molar-refractivity contribution is 7.15. The second kappa shape index (κ2) is 7.89. The number of rotatable bonds is 7. The molecule has 0 spiro atoms. The van der Waals surface area contributed by atoms with E-state index in [2.05, 4.69) is 34.3 Å². The van der Waals surface area contributed by atoms with Gasteiger partial charge < -0.3 is 4.90 Å². The third-order valence-corrected chi connectivity index (χ3v) is 4.16. The Morgan fingerprint density at radius 1 is 1.23 bits per heavy atom. The van der Waals surface area contributed by atoms with Crippen molar-refractivity contribution in [2.45, 2.75) is 33.6 Å². The molecule has 6 heteroatoms. The molecule has 0 saturated carbocycles. The summed E-state index contributed by atoms with van der Waals surface area (Å²) in [4.78, 5) is 14.5. The van der Waals surface area contributed by atoms with Crippen molar-refractivity contribution in [2.24, 2.45) is 0 Å². The molecule has 22 heavy (non-hydrogen) atoms. The molecule has 0 aliphatic heterocycles. The van der Waals surface area contributed by atoms with E-state index >= 15 is 0 Å². The largest absolute Gasteiger partial charge is 0.372 e. The Balaban J connectivity index is 2.02. The molecule has 0 aliphatic rings. The van der Waals surface area contributed by atoms with Gasteiger partial charge >= 0.3 is 0 Å². The maximum absolute atomic E-state index is 12.2. The van der Waals surface area contributed by atoms with Crippen molar-refractivity contribution >= 4 is 28.1 Å². The molecule has 0 radical (unpaired) electrons. The zero-order valence-electron chi connectivity index (χ0n) is 13.3. The van der Waals surface area contributed by atoms with Gasteiger partial charge in [0.2, 0.25) is 5.13 Å². The van der Waals surface area contributed by atoms with E-state index in [0.717, 1.165) is 23.8 Å². The highest BCUT2D eigenvalue weighted by Gasteiger charge is 2.10. The van der Waals surface area contributed by atoms with Crippen LogP contribution < -0.4 is 10.2 Å². The topological polar surface area (TPSA) is 58.1 Å². The standard InChI is InChI=1S/C16H22N4OS/c1-4-6-11-20(5-2)14-9-7-13(8-10-14)15(21)17-16-19-18-12(3)22-16/h7-10H,4-6,11H2,1-3H3,(H,17,19,21). The van der Waals surface area contributed by atoms with Gasteiger partial charge in [0.1, 0.15) is 5.01 Å². The molecule has 1 N–H and O–H groups in total. The lowest BCUT2D eigenvalue weighted by Crippen LogP contribution is -2.23. The smallest absolute Gasteiger partial charge is 0.257 e. The first-order chi connectivity index (χ1) is 10.6. The number of aromatic nitrogens is 2. The SMILES string of the molecule is CCCCN(CC)c1ccc(C(=O)Nc2nnc(C)s2)cc1.